The number of benzene rings is 1. The predicted octanol–water partition coefficient (Wildman–Crippen LogP) is 0.156. The first-order chi connectivity index (χ1) is 12.7. The van der Waals surface area contributed by atoms with Gasteiger partial charge in [0.1, 0.15) is 36.3 Å². The van der Waals surface area contributed by atoms with Crippen LogP contribution in [-0.4, -0.2) is 81.4 Å². The molecule has 0 saturated carbocycles. The lowest BCUT2D eigenvalue weighted by molar-refractivity contribution is -0.230. The quantitative estimate of drug-likeness (QED) is 0.532. The number of hydrogen-bond acceptors (Lipinski definition) is 6. The second-order valence-electron chi connectivity index (χ2n) is 7.31. The van der Waals surface area contributed by atoms with E-state index in [1.54, 1.807) is 0 Å². The summed E-state index contributed by atoms with van der Waals surface area (Å²) in [5.74, 6) is -0.481. The van der Waals surface area contributed by atoms with Crippen LogP contribution >= 0.6 is 0 Å². The van der Waals surface area contributed by atoms with E-state index in [-0.39, 0.29) is 12.5 Å². The van der Waals surface area contributed by atoms with Gasteiger partial charge in [0.25, 0.3) is 5.91 Å². The minimum absolute atomic E-state index is 0.0373. The molecule has 0 spiro atoms. The van der Waals surface area contributed by atoms with E-state index in [0.29, 0.717) is 24.4 Å². The highest BCUT2D eigenvalue weighted by Gasteiger charge is 2.44. The molecule has 0 radical (unpaired) electrons. The number of amides is 1. The molecule has 8 heteroatoms. The summed E-state index contributed by atoms with van der Waals surface area (Å²) in [7, 11) is 0. The number of carbonyl (C=O) groups excluding carboxylic acids is 1. The maximum Gasteiger partial charge on any atom is 0.253 e. The van der Waals surface area contributed by atoms with Crippen molar-refractivity contribution in [2.75, 3.05) is 19.7 Å². The highest BCUT2D eigenvalue weighted by Crippen LogP contribution is 2.23. The molecular formula is C19H28FNO6. The molecule has 1 aliphatic heterocycles. The van der Waals surface area contributed by atoms with E-state index in [1.807, 2.05) is 13.8 Å². The molecule has 0 aliphatic carbocycles. The zero-order chi connectivity index (χ0) is 20.1. The van der Waals surface area contributed by atoms with E-state index in [4.69, 9.17) is 4.74 Å². The Kier molecular flexibility index (Phi) is 7.69. The lowest BCUT2D eigenvalue weighted by Crippen LogP contribution is -2.61. The van der Waals surface area contributed by atoms with Crippen molar-refractivity contribution in [3.05, 3.63) is 35.6 Å². The number of nitrogens with zero attached hydrogens (tertiary/aromatic N) is 1. The van der Waals surface area contributed by atoms with Gasteiger partial charge in [0.15, 0.2) is 0 Å². The predicted molar refractivity (Wildman–Crippen MR) is 95.5 cm³/mol. The summed E-state index contributed by atoms with van der Waals surface area (Å²) >= 11 is 0. The number of aliphatic hydroxyl groups is 4. The van der Waals surface area contributed by atoms with Crippen LogP contribution in [-0.2, 0) is 4.74 Å². The molecule has 152 valence electrons. The van der Waals surface area contributed by atoms with E-state index in [2.05, 4.69) is 0 Å². The fraction of sp³-hybridized carbons (Fsp3) is 0.632. The Morgan fingerprint density at radius 1 is 1.11 bits per heavy atom. The van der Waals surface area contributed by atoms with Crippen LogP contribution in [0.1, 0.15) is 30.6 Å². The number of carbonyl (C=O) groups is 1. The second-order valence-corrected chi connectivity index (χ2v) is 7.31. The van der Waals surface area contributed by atoms with Gasteiger partial charge in [-0.25, -0.2) is 4.39 Å². The Bertz CT molecular complexity index is 609. The average Bonchev–Trinajstić information content (AvgIpc) is 2.64. The first-order valence-corrected chi connectivity index (χ1v) is 9.10. The molecule has 4 N–H and O–H groups in total. The summed E-state index contributed by atoms with van der Waals surface area (Å²) in [5, 5.41) is 39.4. The Labute approximate surface area is 158 Å². The normalized spacial score (nSPS) is 28.4. The fourth-order valence-electron chi connectivity index (χ4n) is 3.01. The number of ether oxygens (including phenoxy) is 1. The topological polar surface area (TPSA) is 110 Å². The molecule has 27 heavy (non-hydrogen) atoms. The van der Waals surface area contributed by atoms with Crippen molar-refractivity contribution in [3.8, 4) is 0 Å². The van der Waals surface area contributed by atoms with Gasteiger partial charge < -0.3 is 30.1 Å². The molecule has 1 amide bonds. The number of rotatable bonds is 7. The number of aliphatic hydroxyl groups excluding tert-OH is 4. The highest BCUT2D eigenvalue weighted by molar-refractivity contribution is 5.94. The van der Waals surface area contributed by atoms with Crippen LogP contribution in [0.5, 0.6) is 0 Å². The lowest BCUT2D eigenvalue weighted by Gasteiger charge is -2.41. The summed E-state index contributed by atoms with van der Waals surface area (Å²) in [6.45, 7) is 3.83. The first-order valence-electron chi connectivity index (χ1n) is 9.10. The third kappa shape index (κ3) is 5.46. The average molecular weight is 385 g/mol. The highest BCUT2D eigenvalue weighted by atomic mass is 19.1. The third-order valence-corrected chi connectivity index (χ3v) is 4.75. The van der Waals surface area contributed by atoms with Crippen molar-refractivity contribution in [1.82, 2.24) is 4.90 Å². The third-order valence-electron chi connectivity index (χ3n) is 4.75. The Hall–Kier alpha value is -1.58. The fourth-order valence-corrected chi connectivity index (χ4v) is 3.01. The number of hydrogen-bond donors (Lipinski definition) is 4. The van der Waals surface area contributed by atoms with Gasteiger partial charge in [-0.05, 0) is 36.6 Å². The molecular weight excluding hydrogens is 357 g/mol. The molecule has 1 heterocycles. The molecule has 1 aliphatic rings. The Balaban J connectivity index is 2.17. The van der Waals surface area contributed by atoms with E-state index in [1.165, 1.54) is 29.2 Å². The van der Waals surface area contributed by atoms with Crippen molar-refractivity contribution in [2.24, 2.45) is 5.92 Å². The van der Waals surface area contributed by atoms with Crippen LogP contribution in [0.15, 0.2) is 24.3 Å². The van der Waals surface area contributed by atoms with Gasteiger partial charge in [-0.3, -0.25) is 4.79 Å². The van der Waals surface area contributed by atoms with Crippen molar-refractivity contribution in [3.63, 3.8) is 0 Å². The van der Waals surface area contributed by atoms with Crippen LogP contribution in [0, 0.1) is 11.7 Å². The molecule has 7 nitrogen and oxygen atoms in total. The first kappa shape index (κ1) is 21.7. The van der Waals surface area contributed by atoms with E-state index in [0.717, 1.165) is 0 Å². The van der Waals surface area contributed by atoms with E-state index in [9.17, 15) is 29.6 Å². The maximum atomic E-state index is 13.1. The van der Waals surface area contributed by atoms with Crippen molar-refractivity contribution in [1.29, 1.82) is 0 Å². The molecule has 5 atom stereocenters. The Morgan fingerprint density at radius 3 is 2.26 bits per heavy atom. The minimum atomic E-state index is -1.49. The van der Waals surface area contributed by atoms with Crippen LogP contribution in [0.3, 0.4) is 0 Å². The SMILES string of the molecule is CC(C)CCN(C[C@@H]1O[C@H](CO)[C@@H](O)[C@H](O)[C@@H]1O)C(=O)c1ccc(F)cc1. The summed E-state index contributed by atoms with van der Waals surface area (Å²) in [5.41, 5.74) is 0.296. The van der Waals surface area contributed by atoms with E-state index >= 15 is 0 Å². The summed E-state index contributed by atoms with van der Waals surface area (Å²) in [4.78, 5) is 14.3. The number of halogens is 1. The molecule has 1 aromatic carbocycles. The summed E-state index contributed by atoms with van der Waals surface area (Å²) in [6.07, 6.45) is -5.65. The molecule has 0 unspecified atom stereocenters. The molecule has 0 bridgehead atoms. The second kappa shape index (κ2) is 9.57. The minimum Gasteiger partial charge on any atom is -0.394 e. The summed E-state index contributed by atoms with van der Waals surface area (Å²) in [6, 6.07) is 5.16. The smallest absolute Gasteiger partial charge is 0.253 e. The van der Waals surface area contributed by atoms with Gasteiger partial charge in [0.05, 0.1) is 6.61 Å². The van der Waals surface area contributed by atoms with Gasteiger partial charge in [-0.15, -0.1) is 0 Å². The van der Waals surface area contributed by atoms with Gasteiger partial charge in [-0.2, -0.15) is 0 Å². The molecule has 1 fully saturated rings. The summed E-state index contributed by atoms with van der Waals surface area (Å²) < 4.78 is 18.6. The van der Waals surface area contributed by atoms with Gasteiger partial charge in [0, 0.05) is 18.7 Å². The van der Waals surface area contributed by atoms with Crippen molar-refractivity contribution >= 4 is 5.91 Å². The molecule has 2 rings (SSSR count). The van der Waals surface area contributed by atoms with Crippen LogP contribution in [0.4, 0.5) is 4.39 Å². The van der Waals surface area contributed by atoms with Crippen LogP contribution < -0.4 is 0 Å². The van der Waals surface area contributed by atoms with Crippen molar-refractivity contribution < 1.29 is 34.3 Å². The standard InChI is InChI=1S/C19H28FNO6/c1-11(2)7-8-21(19(26)12-3-5-13(20)6-4-12)9-14-16(23)18(25)17(24)15(10-22)27-14/h3-6,11,14-18,22-25H,7-10H2,1-2H3/t14-,15+,16+,17+,18+/m0/s1. The molecule has 0 aromatic heterocycles. The largest absolute Gasteiger partial charge is 0.394 e. The lowest BCUT2D eigenvalue weighted by atomic mass is 9.94. The monoisotopic (exact) mass is 385 g/mol. The zero-order valence-corrected chi connectivity index (χ0v) is 15.5. The van der Waals surface area contributed by atoms with Crippen LogP contribution in [0.2, 0.25) is 0 Å². The molecule has 1 saturated heterocycles. The molecule has 1 aromatic rings. The van der Waals surface area contributed by atoms with Crippen molar-refractivity contribution in [2.45, 2.75) is 50.8 Å². The van der Waals surface area contributed by atoms with Gasteiger partial charge >= 0.3 is 0 Å². The van der Waals surface area contributed by atoms with E-state index < -0.39 is 42.9 Å². The zero-order valence-electron chi connectivity index (χ0n) is 15.5. The maximum absolute atomic E-state index is 13.1. The van der Waals surface area contributed by atoms with Gasteiger partial charge in [0.2, 0.25) is 0 Å². The Morgan fingerprint density at radius 2 is 1.70 bits per heavy atom. The van der Waals surface area contributed by atoms with Gasteiger partial charge in [-0.1, -0.05) is 13.8 Å². The van der Waals surface area contributed by atoms with Crippen LogP contribution in [0.25, 0.3) is 0 Å².